The van der Waals surface area contributed by atoms with Gasteiger partial charge in [0.15, 0.2) is 0 Å². The van der Waals surface area contributed by atoms with Gasteiger partial charge >= 0.3 is 0 Å². The minimum absolute atomic E-state index is 0.0803. The molecule has 1 aromatic heterocycles. The molecule has 0 saturated carbocycles. The Bertz CT molecular complexity index is 533. The molecule has 2 rings (SSSR count). The number of nitrogens with two attached hydrogens (primary N) is 1. The second-order valence-electron chi connectivity index (χ2n) is 4.45. The van der Waals surface area contributed by atoms with Crippen molar-refractivity contribution in [3.05, 3.63) is 42.5 Å². The Morgan fingerprint density at radius 3 is 2.53 bits per heavy atom. The van der Waals surface area contributed by atoms with Gasteiger partial charge in [-0.15, -0.1) is 0 Å². The number of nitrogens with zero attached hydrogens (tertiary/aromatic N) is 3. The zero-order valence-electron chi connectivity index (χ0n) is 10.9. The van der Waals surface area contributed by atoms with Crippen LogP contribution in [-0.2, 0) is 4.79 Å². The summed E-state index contributed by atoms with van der Waals surface area (Å²) in [6.07, 6.45) is 3.12. The topological polar surface area (TPSA) is 85.8 Å². The van der Waals surface area contributed by atoms with Crippen molar-refractivity contribution in [3.63, 3.8) is 0 Å². The van der Waals surface area contributed by atoms with E-state index in [1.54, 1.807) is 17.9 Å². The van der Waals surface area contributed by atoms with E-state index in [1.807, 2.05) is 31.2 Å². The predicted molar refractivity (Wildman–Crippen MR) is 71.6 cm³/mol. The van der Waals surface area contributed by atoms with Crippen molar-refractivity contribution in [1.29, 1.82) is 0 Å². The standard InChI is InChI=1S/C13H17N5O/c1-9(14)13(19)17-10(2)11-3-5-12(6-4-11)18-8-15-7-16-18/h3-10H,14H2,1-2H3,(H,17,19). The fraction of sp³-hybridized carbons (Fsp3) is 0.308. The monoisotopic (exact) mass is 259 g/mol. The van der Waals surface area contributed by atoms with Crippen LogP contribution in [-0.4, -0.2) is 26.7 Å². The molecular weight excluding hydrogens is 242 g/mol. The quantitative estimate of drug-likeness (QED) is 0.850. The highest BCUT2D eigenvalue weighted by Gasteiger charge is 2.12. The molecule has 2 atom stereocenters. The SMILES string of the molecule is CC(N)C(=O)NC(C)c1ccc(-n2cncn2)cc1. The number of carbonyl (C=O) groups excluding carboxylic acids is 1. The van der Waals surface area contributed by atoms with Crippen LogP contribution in [0.15, 0.2) is 36.9 Å². The zero-order valence-corrected chi connectivity index (χ0v) is 10.9. The van der Waals surface area contributed by atoms with Gasteiger partial charge in [0.2, 0.25) is 5.91 Å². The van der Waals surface area contributed by atoms with E-state index in [-0.39, 0.29) is 11.9 Å². The molecule has 0 aliphatic heterocycles. The van der Waals surface area contributed by atoms with Crippen molar-refractivity contribution in [3.8, 4) is 5.69 Å². The van der Waals surface area contributed by atoms with Crippen LogP contribution in [0.4, 0.5) is 0 Å². The lowest BCUT2D eigenvalue weighted by Gasteiger charge is -2.16. The lowest BCUT2D eigenvalue weighted by molar-refractivity contribution is -0.122. The van der Waals surface area contributed by atoms with Crippen LogP contribution in [0.1, 0.15) is 25.5 Å². The molecule has 0 fully saturated rings. The van der Waals surface area contributed by atoms with Gasteiger partial charge in [-0.1, -0.05) is 12.1 Å². The highest BCUT2D eigenvalue weighted by atomic mass is 16.2. The largest absolute Gasteiger partial charge is 0.348 e. The molecule has 6 heteroatoms. The molecule has 1 amide bonds. The summed E-state index contributed by atoms with van der Waals surface area (Å²) in [5.74, 6) is -0.159. The Morgan fingerprint density at radius 2 is 2.00 bits per heavy atom. The number of hydrogen-bond acceptors (Lipinski definition) is 4. The first-order valence-corrected chi connectivity index (χ1v) is 6.09. The molecule has 0 spiro atoms. The molecule has 0 aliphatic rings. The number of hydrogen-bond donors (Lipinski definition) is 2. The molecular formula is C13H17N5O. The van der Waals surface area contributed by atoms with Crippen LogP contribution >= 0.6 is 0 Å². The summed E-state index contributed by atoms with van der Waals surface area (Å²) < 4.78 is 1.68. The van der Waals surface area contributed by atoms with Crippen molar-refractivity contribution < 1.29 is 4.79 Å². The molecule has 3 N–H and O–H groups in total. The van der Waals surface area contributed by atoms with Crippen molar-refractivity contribution in [2.24, 2.45) is 5.73 Å². The molecule has 1 heterocycles. The highest BCUT2D eigenvalue weighted by Crippen LogP contribution is 2.15. The van der Waals surface area contributed by atoms with E-state index in [0.29, 0.717) is 0 Å². The van der Waals surface area contributed by atoms with Gasteiger partial charge < -0.3 is 11.1 Å². The zero-order chi connectivity index (χ0) is 13.8. The summed E-state index contributed by atoms with van der Waals surface area (Å²) >= 11 is 0. The van der Waals surface area contributed by atoms with Crippen LogP contribution < -0.4 is 11.1 Å². The van der Waals surface area contributed by atoms with Gasteiger partial charge in [-0.05, 0) is 31.5 Å². The molecule has 2 aromatic rings. The second kappa shape index (κ2) is 5.62. The molecule has 6 nitrogen and oxygen atoms in total. The lowest BCUT2D eigenvalue weighted by atomic mass is 10.1. The first kappa shape index (κ1) is 13.2. The number of aromatic nitrogens is 3. The summed E-state index contributed by atoms with van der Waals surface area (Å²) in [6, 6.07) is 7.17. The van der Waals surface area contributed by atoms with Gasteiger partial charge in [0.05, 0.1) is 17.8 Å². The van der Waals surface area contributed by atoms with E-state index in [1.165, 1.54) is 6.33 Å². The predicted octanol–water partition coefficient (Wildman–Crippen LogP) is 0.792. The highest BCUT2D eigenvalue weighted by molar-refractivity contribution is 5.81. The van der Waals surface area contributed by atoms with Crippen molar-refractivity contribution in [2.75, 3.05) is 0 Å². The van der Waals surface area contributed by atoms with Crippen LogP contribution in [0.5, 0.6) is 0 Å². The third-order valence-corrected chi connectivity index (χ3v) is 2.85. The average molecular weight is 259 g/mol. The van der Waals surface area contributed by atoms with Crippen molar-refractivity contribution in [1.82, 2.24) is 20.1 Å². The molecule has 0 aliphatic carbocycles. The minimum Gasteiger partial charge on any atom is -0.348 e. The van der Waals surface area contributed by atoms with Gasteiger partial charge in [-0.25, -0.2) is 9.67 Å². The fourth-order valence-corrected chi connectivity index (χ4v) is 1.69. The summed E-state index contributed by atoms with van der Waals surface area (Å²) in [4.78, 5) is 15.4. The van der Waals surface area contributed by atoms with E-state index in [2.05, 4.69) is 15.4 Å². The molecule has 0 radical (unpaired) electrons. The Morgan fingerprint density at radius 1 is 1.32 bits per heavy atom. The molecule has 100 valence electrons. The van der Waals surface area contributed by atoms with Crippen LogP contribution in [0.2, 0.25) is 0 Å². The molecule has 19 heavy (non-hydrogen) atoms. The summed E-state index contributed by atoms with van der Waals surface area (Å²) in [7, 11) is 0. The van der Waals surface area contributed by atoms with E-state index >= 15 is 0 Å². The summed E-state index contributed by atoms with van der Waals surface area (Å²) in [6.45, 7) is 3.58. The Balaban J connectivity index is 2.08. The fourth-order valence-electron chi connectivity index (χ4n) is 1.69. The van der Waals surface area contributed by atoms with Crippen LogP contribution in [0, 0.1) is 0 Å². The third kappa shape index (κ3) is 3.17. The van der Waals surface area contributed by atoms with E-state index in [4.69, 9.17) is 5.73 Å². The van der Waals surface area contributed by atoms with Gasteiger partial charge in [0.25, 0.3) is 0 Å². The number of amides is 1. The van der Waals surface area contributed by atoms with E-state index in [0.717, 1.165) is 11.3 Å². The molecule has 2 unspecified atom stereocenters. The summed E-state index contributed by atoms with van der Waals surface area (Å²) in [5.41, 5.74) is 7.46. The van der Waals surface area contributed by atoms with E-state index < -0.39 is 6.04 Å². The molecule has 0 saturated heterocycles. The van der Waals surface area contributed by atoms with Gasteiger partial charge in [-0.3, -0.25) is 4.79 Å². The van der Waals surface area contributed by atoms with Gasteiger partial charge in [0.1, 0.15) is 12.7 Å². The minimum atomic E-state index is -0.503. The maximum atomic E-state index is 11.5. The van der Waals surface area contributed by atoms with Crippen LogP contribution in [0.3, 0.4) is 0 Å². The smallest absolute Gasteiger partial charge is 0.237 e. The number of benzene rings is 1. The third-order valence-electron chi connectivity index (χ3n) is 2.85. The Labute approximate surface area is 111 Å². The first-order valence-electron chi connectivity index (χ1n) is 6.09. The Hall–Kier alpha value is -2.21. The number of rotatable bonds is 4. The van der Waals surface area contributed by atoms with Gasteiger partial charge in [0, 0.05) is 0 Å². The average Bonchev–Trinajstić information content (AvgIpc) is 2.92. The maximum absolute atomic E-state index is 11.5. The van der Waals surface area contributed by atoms with Gasteiger partial charge in [-0.2, -0.15) is 5.10 Å². The van der Waals surface area contributed by atoms with Crippen molar-refractivity contribution in [2.45, 2.75) is 25.9 Å². The summed E-state index contributed by atoms with van der Waals surface area (Å²) in [5, 5.41) is 6.90. The van der Waals surface area contributed by atoms with Crippen LogP contribution in [0.25, 0.3) is 5.69 Å². The maximum Gasteiger partial charge on any atom is 0.237 e. The second-order valence-corrected chi connectivity index (χ2v) is 4.45. The molecule has 1 aromatic carbocycles. The van der Waals surface area contributed by atoms with Crippen molar-refractivity contribution >= 4 is 5.91 Å². The lowest BCUT2D eigenvalue weighted by Crippen LogP contribution is -2.39. The number of nitrogens with one attached hydrogen (secondary N) is 1. The number of carbonyl (C=O) groups is 1. The normalized spacial score (nSPS) is 13.8. The van der Waals surface area contributed by atoms with E-state index in [9.17, 15) is 4.79 Å². The first-order chi connectivity index (χ1) is 9.08. The molecule has 0 bridgehead atoms. The Kier molecular flexibility index (Phi) is 3.91.